The van der Waals surface area contributed by atoms with Gasteiger partial charge in [-0.1, -0.05) is 70.4 Å². The number of benzene rings is 1. The topological polar surface area (TPSA) is 9.23 Å². The number of unbranched alkanes of at least 4 members (excludes halogenated alkanes) is 2. The van der Waals surface area contributed by atoms with Gasteiger partial charge in [-0.25, -0.2) is 0 Å². The second-order valence-corrected chi connectivity index (χ2v) is 11.8. The van der Waals surface area contributed by atoms with Crippen LogP contribution in [0.1, 0.15) is 58.6 Å². The molecular weight excluding hydrogens is 272 g/mol. The lowest BCUT2D eigenvalue weighted by atomic mass is 10.1. The van der Waals surface area contributed by atoms with Gasteiger partial charge in [0.1, 0.15) is 6.10 Å². The minimum absolute atomic E-state index is 0.0936. The van der Waals surface area contributed by atoms with Gasteiger partial charge in [0.2, 0.25) is 0 Å². The summed E-state index contributed by atoms with van der Waals surface area (Å²) in [6.07, 6.45) is 3.22. The van der Waals surface area contributed by atoms with Crippen molar-refractivity contribution in [2.45, 2.75) is 71.2 Å². The third-order valence-corrected chi connectivity index (χ3v) is 8.65. The van der Waals surface area contributed by atoms with Crippen LogP contribution >= 0.6 is 0 Å². The largest absolute Gasteiger partial charge is 0.399 e. The van der Waals surface area contributed by atoms with Crippen molar-refractivity contribution in [2.24, 2.45) is 0 Å². The van der Waals surface area contributed by atoms with Crippen molar-refractivity contribution >= 4 is 8.32 Å². The van der Waals surface area contributed by atoms with Crippen molar-refractivity contribution in [3.05, 3.63) is 35.9 Å². The van der Waals surface area contributed by atoms with E-state index < -0.39 is 8.32 Å². The van der Waals surface area contributed by atoms with Gasteiger partial charge >= 0.3 is 0 Å². The second-order valence-electron chi connectivity index (χ2n) is 7.09. The fourth-order valence-corrected chi connectivity index (χ4v) is 2.85. The molecule has 0 aliphatic rings. The summed E-state index contributed by atoms with van der Waals surface area (Å²) in [6, 6.07) is 10.4. The highest BCUT2D eigenvalue weighted by Gasteiger charge is 2.39. The smallest absolute Gasteiger partial charge is 0.194 e. The Morgan fingerprint density at radius 2 is 1.76 bits per heavy atom. The molecule has 116 valence electrons. The van der Waals surface area contributed by atoms with Gasteiger partial charge in [0, 0.05) is 6.42 Å². The van der Waals surface area contributed by atoms with Crippen LogP contribution in [0.3, 0.4) is 0 Å². The maximum Gasteiger partial charge on any atom is 0.194 e. The van der Waals surface area contributed by atoms with Crippen molar-refractivity contribution in [1.82, 2.24) is 0 Å². The van der Waals surface area contributed by atoms with Crippen LogP contribution < -0.4 is 0 Å². The zero-order valence-electron chi connectivity index (χ0n) is 14.5. The minimum Gasteiger partial charge on any atom is -0.399 e. The lowest BCUT2D eigenvalue weighted by Gasteiger charge is -2.38. The van der Waals surface area contributed by atoms with E-state index in [0.29, 0.717) is 0 Å². The molecule has 1 atom stereocenters. The number of hydrogen-bond donors (Lipinski definition) is 0. The SMILES string of the molecule is CCCCC#CC(O[Si](C)(C)C(C)(C)C)c1ccccc1. The summed E-state index contributed by atoms with van der Waals surface area (Å²) in [7, 11) is -1.82. The van der Waals surface area contributed by atoms with E-state index in [1.54, 1.807) is 0 Å². The van der Waals surface area contributed by atoms with Gasteiger partial charge in [-0.2, -0.15) is 0 Å². The Balaban J connectivity index is 2.95. The quantitative estimate of drug-likeness (QED) is 0.371. The standard InChI is InChI=1S/C19H30OSi/c1-7-8-9-13-16-18(17-14-11-10-12-15-17)20-21(5,6)19(2,3)4/h10-12,14-15,18H,7-9H2,1-6H3. The third kappa shape index (κ3) is 5.69. The second kappa shape index (κ2) is 7.82. The first-order valence-corrected chi connectivity index (χ1v) is 10.9. The molecule has 0 aromatic heterocycles. The molecule has 0 spiro atoms. The highest BCUT2D eigenvalue weighted by molar-refractivity contribution is 6.74. The molecule has 1 aromatic carbocycles. The van der Waals surface area contributed by atoms with Gasteiger partial charge in [0.15, 0.2) is 8.32 Å². The fourth-order valence-electron chi connectivity index (χ4n) is 1.71. The molecule has 0 radical (unpaired) electrons. The van der Waals surface area contributed by atoms with Crippen LogP contribution in [0.15, 0.2) is 30.3 Å². The molecule has 0 N–H and O–H groups in total. The number of rotatable bonds is 5. The van der Waals surface area contributed by atoms with Crippen molar-refractivity contribution in [3.8, 4) is 11.8 Å². The molecule has 0 aliphatic heterocycles. The molecule has 1 aromatic rings. The van der Waals surface area contributed by atoms with Crippen LogP contribution in [0.2, 0.25) is 18.1 Å². The van der Waals surface area contributed by atoms with Crippen molar-refractivity contribution in [1.29, 1.82) is 0 Å². The van der Waals surface area contributed by atoms with Crippen molar-refractivity contribution < 1.29 is 4.43 Å². The first-order valence-electron chi connectivity index (χ1n) is 7.99. The Morgan fingerprint density at radius 3 is 2.29 bits per heavy atom. The highest BCUT2D eigenvalue weighted by Crippen LogP contribution is 2.39. The molecule has 0 saturated carbocycles. The molecule has 0 bridgehead atoms. The Bertz CT molecular complexity index is 474. The van der Waals surface area contributed by atoms with E-state index in [-0.39, 0.29) is 11.1 Å². The van der Waals surface area contributed by atoms with Crippen LogP contribution in [0.5, 0.6) is 0 Å². The minimum atomic E-state index is -1.82. The van der Waals surface area contributed by atoms with Crippen LogP contribution in [0, 0.1) is 11.8 Å². The normalized spacial score (nSPS) is 13.4. The summed E-state index contributed by atoms with van der Waals surface area (Å²) < 4.78 is 6.53. The predicted octanol–water partition coefficient (Wildman–Crippen LogP) is 5.94. The fraction of sp³-hybridized carbons (Fsp3) is 0.579. The number of hydrogen-bond acceptors (Lipinski definition) is 1. The van der Waals surface area contributed by atoms with E-state index in [4.69, 9.17) is 4.43 Å². The Hall–Kier alpha value is -1.04. The van der Waals surface area contributed by atoms with E-state index in [0.717, 1.165) is 12.8 Å². The van der Waals surface area contributed by atoms with Crippen molar-refractivity contribution in [2.75, 3.05) is 0 Å². The monoisotopic (exact) mass is 302 g/mol. The molecule has 0 aliphatic carbocycles. The van der Waals surface area contributed by atoms with Gasteiger partial charge in [0.05, 0.1) is 0 Å². The van der Waals surface area contributed by atoms with E-state index in [1.165, 1.54) is 12.0 Å². The molecule has 2 heteroatoms. The van der Waals surface area contributed by atoms with E-state index in [9.17, 15) is 0 Å². The summed E-state index contributed by atoms with van der Waals surface area (Å²) in [6.45, 7) is 13.6. The zero-order valence-corrected chi connectivity index (χ0v) is 15.5. The molecule has 0 amide bonds. The van der Waals surface area contributed by atoms with Gasteiger partial charge in [-0.3, -0.25) is 0 Å². The van der Waals surface area contributed by atoms with Crippen LogP contribution in [-0.4, -0.2) is 8.32 Å². The molecule has 21 heavy (non-hydrogen) atoms. The highest BCUT2D eigenvalue weighted by atomic mass is 28.4. The lowest BCUT2D eigenvalue weighted by molar-refractivity contribution is 0.238. The molecule has 1 unspecified atom stereocenters. The van der Waals surface area contributed by atoms with Gasteiger partial charge in [-0.15, -0.1) is 5.92 Å². The molecule has 1 nitrogen and oxygen atoms in total. The average molecular weight is 303 g/mol. The van der Waals surface area contributed by atoms with Crippen LogP contribution in [-0.2, 0) is 4.43 Å². The first-order chi connectivity index (χ1) is 9.78. The summed E-state index contributed by atoms with van der Waals surface area (Å²) >= 11 is 0. The Labute approximate surface area is 132 Å². The maximum atomic E-state index is 6.53. The van der Waals surface area contributed by atoms with E-state index >= 15 is 0 Å². The van der Waals surface area contributed by atoms with Crippen LogP contribution in [0.4, 0.5) is 0 Å². The van der Waals surface area contributed by atoms with Crippen molar-refractivity contribution in [3.63, 3.8) is 0 Å². The van der Waals surface area contributed by atoms with E-state index in [2.05, 4.69) is 76.9 Å². The van der Waals surface area contributed by atoms with Crippen LogP contribution in [0.25, 0.3) is 0 Å². The predicted molar refractivity (Wildman–Crippen MR) is 94.8 cm³/mol. The summed E-state index contributed by atoms with van der Waals surface area (Å²) in [5.41, 5.74) is 1.17. The maximum absolute atomic E-state index is 6.53. The van der Waals surface area contributed by atoms with Gasteiger partial charge in [-0.05, 0) is 30.1 Å². The van der Waals surface area contributed by atoms with Gasteiger partial charge < -0.3 is 4.43 Å². The molecule has 0 heterocycles. The summed E-state index contributed by atoms with van der Waals surface area (Å²) in [4.78, 5) is 0. The molecule has 1 rings (SSSR count). The average Bonchev–Trinajstić information content (AvgIpc) is 2.42. The molecule has 0 fully saturated rings. The third-order valence-electron chi connectivity index (χ3n) is 4.21. The van der Waals surface area contributed by atoms with Gasteiger partial charge in [0.25, 0.3) is 0 Å². The zero-order chi connectivity index (χ0) is 15.9. The lowest BCUT2D eigenvalue weighted by Crippen LogP contribution is -2.41. The van der Waals surface area contributed by atoms with E-state index in [1.807, 2.05) is 6.07 Å². The molecular formula is C19H30OSi. The Morgan fingerprint density at radius 1 is 1.14 bits per heavy atom. The molecule has 0 saturated heterocycles. The summed E-state index contributed by atoms with van der Waals surface area (Å²) in [5, 5.41) is 0.200. The Kier molecular flexibility index (Phi) is 6.71. The summed E-state index contributed by atoms with van der Waals surface area (Å²) in [5.74, 6) is 6.67. The first kappa shape index (κ1) is 18.0.